The molecule has 0 aliphatic carbocycles. The number of fused-ring (bicyclic) bond motifs is 2. The van der Waals surface area contributed by atoms with Gasteiger partial charge in [0.1, 0.15) is 0 Å². The molecule has 3 rings (SSSR count). The van der Waals surface area contributed by atoms with Crippen LogP contribution in [0.5, 0.6) is 0 Å². The summed E-state index contributed by atoms with van der Waals surface area (Å²) in [6.45, 7) is -0.00151. The number of aliphatic hydroxyl groups excluding tert-OH is 1. The molecule has 0 unspecified atom stereocenters. The molecule has 0 aromatic heterocycles. The lowest BCUT2D eigenvalue weighted by Gasteiger charge is -2.14. The van der Waals surface area contributed by atoms with E-state index in [1.165, 1.54) is 0 Å². The second kappa shape index (κ2) is 5.63. The van der Waals surface area contributed by atoms with Crippen LogP contribution in [0.1, 0.15) is 0 Å². The van der Waals surface area contributed by atoms with E-state index >= 15 is 0 Å². The zero-order valence-corrected chi connectivity index (χ0v) is 11.0. The summed E-state index contributed by atoms with van der Waals surface area (Å²) in [7, 11) is -1.04. The third-order valence-electron chi connectivity index (χ3n) is 3.43. The lowest BCUT2D eigenvalue weighted by atomic mass is 9.73. The van der Waals surface area contributed by atoms with Gasteiger partial charge in [0.05, 0.1) is 13.2 Å². The molecule has 3 aromatic carbocycles. The van der Waals surface area contributed by atoms with E-state index < -0.39 is 7.12 Å². The molecule has 0 saturated heterocycles. The number of benzene rings is 3. The monoisotopic (exact) mass is 266 g/mol. The van der Waals surface area contributed by atoms with Gasteiger partial charge in [0, 0.05) is 0 Å². The van der Waals surface area contributed by atoms with E-state index in [1.54, 1.807) is 0 Å². The Hall–Kier alpha value is -1.88. The summed E-state index contributed by atoms with van der Waals surface area (Å²) in [4.78, 5) is 0. The Bertz CT molecular complexity index is 688. The van der Waals surface area contributed by atoms with Crippen LogP contribution < -0.4 is 5.46 Å². The molecule has 0 aliphatic rings. The molecule has 4 heteroatoms. The molecule has 0 amide bonds. The average molecular weight is 266 g/mol. The van der Waals surface area contributed by atoms with Crippen molar-refractivity contribution in [3.63, 3.8) is 0 Å². The predicted molar refractivity (Wildman–Crippen MR) is 82.1 cm³/mol. The summed E-state index contributed by atoms with van der Waals surface area (Å²) in [5.74, 6) is 0. The third-order valence-corrected chi connectivity index (χ3v) is 3.43. The van der Waals surface area contributed by atoms with Crippen molar-refractivity contribution < 1.29 is 14.8 Å². The van der Waals surface area contributed by atoms with Gasteiger partial charge in [-0.2, -0.15) is 0 Å². The standard InChI is InChI=1S/C16H15BO3/c18-9-10-20-17(19)16-14-7-3-1-5-12(14)11-13-6-2-4-8-15(13)16/h1-8,11,18-19H,9-10H2. The Balaban J connectivity index is 2.27. The molecule has 0 spiro atoms. The first-order valence-corrected chi connectivity index (χ1v) is 6.62. The summed E-state index contributed by atoms with van der Waals surface area (Å²) >= 11 is 0. The van der Waals surface area contributed by atoms with E-state index in [-0.39, 0.29) is 13.2 Å². The zero-order chi connectivity index (χ0) is 13.9. The van der Waals surface area contributed by atoms with Gasteiger partial charge in [0.2, 0.25) is 0 Å². The molecule has 0 saturated carbocycles. The smallest absolute Gasteiger partial charge is 0.423 e. The van der Waals surface area contributed by atoms with Gasteiger partial charge in [0.15, 0.2) is 0 Å². The third kappa shape index (κ3) is 2.29. The van der Waals surface area contributed by atoms with Crippen LogP contribution in [0.4, 0.5) is 0 Å². The van der Waals surface area contributed by atoms with Gasteiger partial charge in [-0.1, -0.05) is 48.5 Å². The zero-order valence-electron chi connectivity index (χ0n) is 11.0. The van der Waals surface area contributed by atoms with Crippen LogP contribution in [-0.4, -0.2) is 30.5 Å². The minimum absolute atomic E-state index is 0.110. The van der Waals surface area contributed by atoms with Crippen molar-refractivity contribution in [3.8, 4) is 0 Å². The highest BCUT2D eigenvalue weighted by atomic mass is 16.5. The quantitative estimate of drug-likeness (QED) is 0.558. The van der Waals surface area contributed by atoms with Gasteiger partial charge in [-0.15, -0.1) is 0 Å². The van der Waals surface area contributed by atoms with Gasteiger partial charge in [0.25, 0.3) is 0 Å². The molecule has 0 bridgehead atoms. The van der Waals surface area contributed by atoms with E-state index in [0.717, 1.165) is 27.0 Å². The van der Waals surface area contributed by atoms with Gasteiger partial charge in [-0.05, 0) is 33.1 Å². The maximum absolute atomic E-state index is 10.3. The molecule has 20 heavy (non-hydrogen) atoms. The molecule has 3 nitrogen and oxygen atoms in total. The van der Waals surface area contributed by atoms with Gasteiger partial charge < -0.3 is 14.8 Å². The van der Waals surface area contributed by atoms with E-state index in [9.17, 15) is 5.02 Å². The molecular formula is C16H15BO3. The first-order valence-electron chi connectivity index (χ1n) is 6.62. The first-order chi connectivity index (χ1) is 9.81. The van der Waals surface area contributed by atoms with E-state index in [4.69, 9.17) is 9.76 Å². The minimum Gasteiger partial charge on any atom is -0.423 e. The highest BCUT2D eigenvalue weighted by molar-refractivity contribution is 6.66. The molecular weight excluding hydrogens is 251 g/mol. The molecule has 100 valence electrons. The summed E-state index contributed by atoms with van der Waals surface area (Å²) in [5.41, 5.74) is 0.757. The highest BCUT2D eigenvalue weighted by Gasteiger charge is 2.22. The number of aliphatic hydroxyl groups is 1. The van der Waals surface area contributed by atoms with Crippen LogP contribution in [0.3, 0.4) is 0 Å². The minimum atomic E-state index is -1.04. The topological polar surface area (TPSA) is 49.7 Å². The van der Waals surface area contributed by atoms with Gasteiger partial charge >= 0.3 is 7.12 Å². The molecule has 0 fully saturated rings. The van der Waals surface area contributed by atoms with Gasteiger partial charge in [-0.3, -0.25) is 0 Å². The maximum atomic E-state index is 10.3. The van der Waals surface area contributed by atoms with Crippen LogP contribution in [0.15, 0.2) is 54.6 Å². The SMILES string of the molecule is OCCOB(O)c1c2ccccc2cc2ccccc12. The highest BCUT2D eigenvalue weighted by Crippen LogP contribution is 2.21. The summed E-state index contributed by atoms with van der Waals surface area (Å²) in [5, 5.41) is 23.2. The molecule has 0 heterocycles. The largest absolute Gasteiger partial charge is 0.492 e. The summed E-state index contributed by atoms with van der Waals surface area (Å²) in [6, 6.07) is 17.9. The first kappa shape index (κ1) is 13.1. The number of hydrogen-bond donors (Lipinski definition) is 2. The van der Waals surface area contributed by atoms with Crippen molar-refractivity contribution in [1.29, 1.82) is 0 Å². The number of hydrogen-bond acceptors (Lipinski definition) is 3. The summed E-state index contributed by atoms with van der Waals surface area (Å²) in [6.07, 6.45) is 0. The van der Waals surface area contributed by atoms with Gasteiger partial charge in [-0.25, -0.2) is 0 Å². The molecule has 0 radical (unpaired) electrons. The van der Waals surface area contributed by atoms with Crippen LogP contribution in [0, 0.1) is 0 Å². The second-order valence-electron chi connectivity index (χ2n) is 4.68. The molecule has 3 aromatic rings. The van der Waals surface area contributed by atoms with Crippen molar-refractivity contribution in [2.75, 3.05) is 13.2 Å². The van der Waals surface area contributed by atoms with E-state index in [1.807, 2.05) is 48.5 Å². The molecule has 0 atom stereocenters. The fraction of sp³-hybridized carbons (Fsp3) is 0.125. The van der Waals surface area contributed by atoms with Crippen molar-refractivity contribution in [2.45, 2.75) is 0 Å². The van der Waals surface area contributed by atoms with Crippen LogP contribution in [0.2, 0.25) is 0 Å². The van der Waals surface area contributed by atoms with Crippen molar-refractivity contribution in [1.82, 2.24) is 0 Å². The fourth-order valence-electron chi connectivity index (χ4n) is 2.56. The maximum Gasteiger partial charge on any atom is 0.492 e. The van der Waals surface area contributed by atoms with Crippen LogP contribution in [-0.2, 0) is 4.65 Å². The fourth-order valence-corrected chi connectivity index (χ4v) is 2.56. The Kier molecular flexibility index (Phi) is 3.69. The normalized spacial score (nSPS) is 11.1. The average Bonchev–Trinajstić information content (AvgIpc) is 2.50. The van der Waals surface area contributed by atoms with E-state index in [2.05, 4.69) is 6.07 Å². The molecule has 2 N–H and O–H groups in total. The van der Waals surface area contributed by atoms with Crippen molar-refractivity contribution in [3.05, 3.63) is 54.6 Å². The number of rotatable bonds is 4. The van der Waals surface area contributed by atoms with Crippen LogP contribution in [0.25, 0.3) is 21.5 Å². The Labute approximate surface area is 117 Å². The van der Waals surface area contributed by atoms with Crippen molar-refractivity contribution >= 4 is 34.1 Å². The van der Waals surface area contributed by atoms with E-state index in [0.29, 0.717) is 0 Å². The lowest BCUT2D eigenvalue weighted by Crippen LogP contribution is -2.35. The Morgan fingerprint density at radius 2 is 1.45 bits per heavy atom. The van der Waals surface area contributed by atoms with Crippen molar-refractivity contribution in [2.24, 2.45) is 0 Å². The Morgan fingerprint density at radius 3 is 2.00 bits per heavy atom. The second-order valence-corrected chi connectivity index (χ2v) is 4.68. The lowest BCUT2D eigenvalue weighted by molar-refractivity contribution is 0.184. The summed E-state index contributed by atoms with van der Waals surface area (Å²) < 4.78 is 5.30. The van der Waals surface area contributed by atoms with Crippen LogP contribution >= 0.6 is 0 Å². The predicted octanol–water partition coefficient (Wildman–Crippen LogP) is 1.69. The molecule has 0 aliphatic heterocycles. The Morgan fingerprint density at radius 1 is 0.900 bits per heavy atom.